The van der Waals surface area contributed by atoms with Gasteiger partial charge < -0.3 is 5.32 Å². The lowest BCUT2D eigenvalue weighted by Gasteiger charge is -2.27. The minimum Gasteiger partial charge on any atom is -0.317 e. The van der Waals surface area contributed by atoms with Crippen molar-refractivity contribution >= 4 is 6.21 Å². The van der Waals surface area contributed by atoms with Gasteiger partial charge in [0.25, 0.3) is 0 Å². The molecule has 0 radical (unpaired) electrons. The van der Waals surface area contributed by atoms with Crippen LogP contribution in [0.15, 0.2) is 4.99 Å². The predicted octanol–water partition coefficient (Wildman–Crippen LogP) is 1.86. The summed E-state index contributed by atoms with van der Waals surface area (Å²) in [6, 6.07) is 0.581. The van der Waals surface area contributed by atoms with Gasteiger partial charge in [-0.3, -0.25) is 4.99 Å². The highest BCUT2D eigenvalue weighted by Crippen LogP contribution is 2.20. The molecule has 1 aliphatic rings. The van der Waals surface area contributed by atoms with Gasteiger partial charge in [0.05, 0.1) is 6.04 Å². The Bertz CT molecular complexity index is 137. The Labute approximate surface area is 75.5 Å². The zero-order chi connectivity index (χ0) is 8.81. The monoisotopic (exact) mass is 168 g/mol. The van der Waals surface area contributed by atoms with Crippen LogP contribution in [0.3, 0.4) is 0 Å². The summed E-state index contributed by atoms with van der Waals surface area (Å²) in [5.74, 6) is 0.826. The van der Waals surface area contributed by atoms with Crippen LogP contribution in [0.25, 0.3) is 0 Å². The van der Waals surface area contributed by atoms with Crippen molar-refractivity contribution in [3.05, 3.63) is 0 Å². The fraction of sp³-hybridized carbons (Fsp3) is 0.900. The van der Waals surface area contributed by atoms with Crippen LogP contribution in [0.2, 0.25) is 0 Å². The molecule has 0 aromatic rings. The van der Waals surface area contributed by atoms with Gasteiger partial charge in [-0.05, 0) is 51.4 Å². The molecule has 1 N–H and O–H groups in total. The zero-order valence-corrected chi connectivity index (χ0v) is 8.21. The molecule has 0 amide bonds. The zero-order valence-electron chi connectivity index (χ0n) is 8.21. The average Bonchev–Trinajstić information content (AvgIpc) is 2.15. The SMILES string of the molecule is C/C=N\C(CC)C1CCNCC1. The molecule has 0 aromatic carbocycles. The second-order valence-electron chi connectivity index (χ2n) is 3.47. The largest absolute Gasteiger partial charge is 0.317 e. The van der Waals surface area contributed by atoms with E-state index in [2.05, 4.69) is 17.2 Å². The smallest absolute Gasteiger partial charge is 0.0522 e. The molecule has 1 aliphatic heterocycles. The van der Waals surface area contributed by atoms with E-state index >= 15 is 0 Å². The molecule has 2 heteroatoms. The lowest BCUT2D eigenvalue weighted by molar-refractivity contribution is 0.315. The molecule has 70 valence electrons. The highest BCUT2D eigenvalue weighted by Gasteiger charge is 2.20. The number of nitrogens with one attached hydrogen (secondary N) is 1. The molecular formula is C10H20N2. The lowest BCUT2D eigenvalue weighted by Crippen LogP contribution is -2.33. The maximum atomic E-state index is 4.51. The van der Waals surface area contributed by atoms with Crippen molar-refractivity contribution in [2.75, 3.05) is 13.1 Å². The minimum absolute atomic E-state index is 0.581. The molecule has 1 fully saturated rings. The van der Waals surface area contributed by atoms with Crippen LogP contribution >= 0.6 is 0 Å². The molecule has 0 bridgehead atoms. The van der Waals surface area contributed by atoms with E-state index in [1.54, 1.807) is 0 Å². The van der Waals surface area contributed by atoms with E-state index in [9.17, 15) is 0 Å². The molecule has 2 nitrogen and oxygen atoms in total. The van der Waals surface area contributed by atoms with Crippen LogP contribution in [0.1, 0.15) is 33.1 Å². The summed E-state index contributed by atoms with van der Waals surface area (Å²) in [7, 11) is 0. The Kier molecular flexibility index (Phi) is 4.30. The number of rotatable bonds is 3. The molecule has 1 heterocycles. The van der Waals surface area contributed by atoms with Gasteiger partial charge in [0, 0.05) is 0 Å². The van der Waals surface area contributed by atoms with Crippen molar-refractivity contribution < 1.29 is 0 Å². The summed E-state index contributed by atoms with van der Waals surface area (Å²) < 4.78 is 0. The molecule has 1 unspecified atom stereocenters. The number of piperidine rings is 1. The van der Waals surface area contributed by atoms with Gasteiger partial charge in [-0.1, -0.05) is 6.92 Å². The number of aliphatic imine (C=N–C) groups is 1. The van der Waals surface area contributed by atoms with Crippen LogP contribution in [0.5, 0.6) is 0 Å². The third-order valence-corrected chi connectivity index (χ3v) is 2.69. The van der Waals surface area contributed by atoms with Gasteiger partial charge in [0.1, 0.15) is 0 Å². The molecule has 0 spiro atoms. The van der Waals surface area contributed by atoms with Crippen LogP contribution in [0, 0.1) is 5.92 Å². The first-order valence-corrected chi connectivity index (χ1v) is 5.07. The quantitative estimate of drug-likeness (QED) is 0.639. The summed E-state index contributed by atoms with van der Waals surface area (Å²) in [5, 5.41) is 3.38. The van der Waals surface area contributed by atoms with Crippen molar-refractivity contribution in [1.82, 2.24) is 5.32 Å². The van der Waals surface area contributed by atoms with Gasteiger partial charge >= 0.3 is 0 Å². The van der Waals surface area contributed by atoms with Crippen molar-refractivity contribution in [3.8, 4) is 0 Å². The second-order valence-corrected chi connectivity index (χ2v) is 3.47. The van der Waals surface area contributed by atoms with Crippen LogP contribution in [0.4, 0.5) is 0 Å². The normalized spacial score (nSPS) is 23.2. The maximum Gasteiger partial charge on any atom is 0.0522 e. The molecule has 1 rings (SSSR count). The summed E-state index contributed by atoms with van der Waals surface area (Å²) in [4.78, 5) is 4.51. The first-order chi connectivity index (χ1) is 5.88. The molecule has 0 aromatic heterocycles. The summed E-state index contributed by atoms with van der Waals surface area (Å²) in [6.07, 6.45) is 5.75. The van der Waals surface area contributed by atoms with Crippen molar-refractivity contribution in [2.45, 2.75) is 39.2 Å². The Morgan fingerprint density at radius 3 is 2.67 bits per heavy atom. The molecule has 1 saturated heterocycles. The van der Waals surface area contributed by atoms with E-state index < -0.39 is 0 Å². The molecule has 12 heavy (non-hydrogen) atoms. The molecule has 1 atom stereocenters. The average molecular weight is 168 g/mol. The van der Waals surface area contributed by atoms with E-state index in [4.69, 9.17) is 0 Å². The fourth-order valence-corrected chi connectivity index (χ4v) is 1.98. The van der Waals surface area contributed by atoms with Crippen LogP contribution in [-0.2, 0) is 0 Å². The van der Waals surface area contributed by atoms with Crippen LogP contribution in [-0.4, -0.2) is 25.3 Å². The van der Waals surface area contributed by atoms with E-state index in [0.29, 0.717) is 6.04 Å². The predicted molar refractivity (Wildman–Crippen MR) is 53.8 cm³/mol. The lowest BCUT2D eigenvalue weighted by atomic mass is 9.89. The van der Waals surface area contributed by atoms with Gasteiger partial charge in [0.2, 0.25) is 0 Å². The highest BCUT2D eigenvalue weighted by molar-refractivity contribution is 5.53. The topological polar surface area (TPSA) is 24.4 Å². The Hall–Kier alpha value is -0.370. The first-order valence-electron chi connectivity index (χ1n) is 5.07. The summed E-state index contributed by atoms with van der Waals surface area (Å²) >= 11 is 0. The standard InChI is InChI=1S/C10H20N2/c1-3-10(12-4-2)9-5-7-11-8-6-9/h4,9-11H,3,5-8H2,1-2H3/b12-4-. The van der Waals surface area contributed by atoms with Crippen molar-refractivity contribution in [1.29, 1.82) is 0 Å². The number of hydrogen-bond acceptors (Lipinski definition) is 2. The van der Waals surface area contributed by atoms with Crippen LogP contribution < -0.4 is 5.32 Å². The number of hydrogen-bond donors (Lipinski definition) is 1. The Morgan fingerprint density at radius 2 is 2.17 bits per heavy atom. The second kappa shape index (κ2) is 5.31. The Morgan fingerprint density at radius 1 is 1.50 bits per heavy atom. The summed E-state index contributed by atoms with van der Waals surface area (Å²) in [6.45, 7) is 6.62. The summed E-state index contributed by atoms with van der Waals surface area (Å²) in [5.41, 5.74) is 0. The molecule has 0 saturated carbocycles. The van der Waals surface area contributed by atoms with Gasteiger partial charge in [0.15, 0.2) is 0 Å². The van der Waals surface area contributed by atoms with E-state index in [0.717, 1.165) is 5.92 Å². The van der Waals surface area contributed by atoms with E-state index in [1.165, 1.54) is 32.4 Å². The Balaban J connectivity index is 2.40. The molecular weight excluding hydrogens is 148 g/mol. The van der Waals surface area contributed by atoms with Gasteiger partial charge in [-0.25, -0.2) is 0 Å². The third kappa shape index (κ3) is 2.59. The third-order valence-electron chi connectivity index (χ3n) is 2.69. The first kappa shape index (κ1) is 9.72. The van der Waals surface area contributed by atoms with E-state index in [-0.39, 0.29) is 0 Å². The van der Waals surface area contributed by atoms with Gasteiger partial charge in [-0.15, -0.1) is 0 Å². The fourth-order valence-electron chi connectivity index (χ4n) is 1.98. The number of nitrogens with zero attached hydrogens (tertiary/aromatic N) is 1. The van der Waals surface area contributed by atoms with E-state index in [1.807, 2.05) is 13.1 Å². The highest BCUT2D eigenvalue weighted by atomic mass is 14.9. The van der Waals surface area contributed by atoms with Gasteiger partial charge in [-0.2, -0.15) is 0 Å². The molecule has 0 aliphatic carbocycles. The van der Waals surface area contributed by atoms with Crippen molar-refractivity contribution in [2.24, 2.45) is 10.9 Å². The maximum absolute atomic E-state index is 4.51. The van der Waals surface area contributed by atoms with Crippen molar-refractivity contribution in [3.63, 3.8) is 0 Å². The minimum atomic E-state index is 0.581.